The maximum absolute atomic E-state index is 14.2. The van der Waals surface area contributed by atoms with E-state index < -0.39 is 24.2 Å². The van der Waals surface area contributed by atoms with Crippen LogP contribution in [-0.2, 0) is 15.8 Å². The van der Waals surface area contributed by atoms with E-state index >= 15 is 0 Å². The highest BCUT2D eigenvalue weighted by Gasteiger charge is 2.45. The quantitative estimate of drug-likeness (QED) is 0.583. The van der Waals surface area contributed by atoms with Gasteiger partial charge in [-0.15, -0.1) is 0 Å². The van der Waals surface area contributed by atoms with Crippen LogP contribution < -0.4 is 11.0 Å². The molecule has 0 saturated carbocycles. The molecule has 3 rings (SSSR count). The molecule has 0 aliphatic carbocycles. The Balaban J connectivity index is 2.11. The van der Waals surface area contributed by atoms with Crippen LogP contribution >= 0.6 is 7.14 Å². The van der Waals surface area contributed by atoms with Crippen LogP contribution in [0.5, 0.6) is 0 Å². The summed E-state index contributed by atoms with van der Waals surface area (Å²) in [7, 11) is -4.16. The molecule has 0 bridgehead atoms. The average molecular weight is 409 g/mol. The summed E-state index contributed by atoms with van der Waals surface area (Å²) >= 11 is 0. The van der Waals surface area contributed by atoms with Crippen LogP contribution in [0.2, 0.25) is 0 Å². The molecule has 0 saturated heterocycles. The lowest BCUT2D eigenvalue weighted by Crippen LogP contribution is -2.37. The Morgan fingerprint density at radius 1 is 1.10 bits per heavy atom. The van der Waals surface area contributed by atoms with Crippen LogP contribution in [-0.4, -0.2) is 27.1 Å². The highest BCUT2D eigenvalue weighted by molar-refractivity contribution is 8.00. The average Bonchev–Trinajstić information content (AvgIpc) is 3.19. The van der Waals surface area contributed by atoms with E-state index in [0.717, 1.165) is 5.56 Å². The van der Waals surface area contributed by atoms with Crippen molar-refractivity contribution >= 4 is 23.5 Å². The van der Waals surface area contributed by atoms with E-state index in [1.54, 1.807) is 50.4 Å². The maximum Gasteiger partial charge on any atom is 0.245 e. The first-order valence-corrected chi connectivity index (χ1v) is 11.0. The van der Waals surface area contributed by atoms with Crippen molar-refractivity contribution in [1.29, 1.82) is 0 Å². The van der Waals surface area contributed by atoms with E-state index in [9.17, 15) is 14.2 Å². The van der Waals surface area contributed by atoms with E-state index in [1.807, 2.05) is 19.1 Å². The minimum absolute atomic E-state index is 0.0955. The molecule has 0 fully saturated rings. The summed E-state index contributed by atoms with van der Waals surface area (Å²) < 4.78 is 14.2. The van der Waals surface area contributed by atoms with Gasteiger partial charge in [-0.2, -0.15) is 0 Å². The highest BCUT2D eigenvalue weighted by Crippen LogP contribution is 2.50. The van der Waals surface area contributed by atoms with Gasteiger partial charge in [0, 0.05) is 23.5 Å². The van der Waals surface area contributed by atoms with Crippen molar-refractivity contribution in [3.63, 3.8) is 0 Å². The van der Waals surface area contributed by atoms with Gasteiger partial charge >= 0.3 is 0 Å². The predicted molar refractivity (Wildman–Crippen MR) is 114 cm³/mol. The molecule has 150 valence electrons. The second kappa shape index (κ2) is 8.27. The number of aromatic nitrogens is 2. The number of nitrogens with two attached hydrogens (primary N) is 1. The van der Waals surface area contributed by atoms with Crippen LogP contribution in [0.25, 0.3) is 0 Å². The highest BCUT2D eigenvalue weighted by atomic mass is 31.2. The van der Waals surface area contributed by atoms with Gasteiger partial charge in [-0.1, -0.05) is 48.0 Å². The van der Waals surface area contributed by atoms with Crippen molar-refractivity contribution < 1.29 is 14.2 Å². The summed E-state index contributed by atoms with van der Waals surface area (Å²) in [5.41, 5.74) is 7.97. The van der Waals surface area contributed by atoms with Crippen molar-refractivity contribution in [2.75, 3.05) is 0 Å². The number of rotatable bonds is 7. The monoisotopic (exact) mass is 409 g/mol. The van der Waals surface area contributed by atoms with Gasteiger partial charge in [-0.05, 0) is 31.9 Å². The number of nitrogens with zero attached hydrogens (tertiary/aromatic N) is 1. The number of hydrogen-bond donors (Lipinski definition) is 2. The second-order valence-corrected chi connectivity index (χ2v) is 9.81. The number of benzene rings is 2. The van der Waals surface area contributed by atoms with E-state index in [0.29, 0.717) is 22.4 Å². The summed E-state index contributed by atoms with van der Waals surface area (Å²) in [6.45, 7) is 5.50. The molecule has 0 amide bonds. The molecule has 0 spiro atoms. The lowest BCUT2D eigenvalue weighted by molar-refractivity contribution is -0.112. The summed E-state index contributed by atoms with van der Waals surface area (Å²) in [6.07, 6.45) is 3.20. The summed E-state index contributed by atoms with van der Waals surface area (Å²) in [5, 5.41) is 0.201. The Bertz CT molecular complexity index is 1070. The number of nitrogens with one attached hydrogen (secondary N) is 1. The van der Waals surface area contributed by atoms with Gasteiger partial charge in [0.05, 0.1) is 18.1 Å². The predicted octanol–water partition coefficient (Wildman–Crippen LogP) is 3.26. The molecule has 3 aromatic rings. The Morgan fingerprint density at radius 2 is 1.72 bits per heavy atom. The van der Waals surface area contributed by atoms with Crippen LogP contribution in [0.3, 0.4) is 0 Å². The molecule has 2 aromatic carbocycles. The van der Waals surface area contributed by atoms with Crippen LogP contribution in [0.4, 0.5) is 0 Å². The molecule has 7 heteroatoms. The largest absolute Gasteiger partial charge is 0.351 e. The van der Waals surface area contributed by atoms with Gasteiger partial charge in [-0.3, -0.25) is 9.59 Å². The molecular formula is C22H24N3O3P. The van der Waals surface area contributed by atoms with Crippen LogP contribution in [0, 0.1) is 20.8 Å². The van der Waals surface area contributed by atoms with Gasteiger partial charge in [0.15, 0.2) is 0 Å². The number of carbonyl (C=O) groups excluding carboxylic acids is 2. The van der Waals surface area contributed by atoms with E-state index in [4.69, 9.17) is 5.73 Å². The third kappa shape index (κ3) is 4.00. The molecule has 0 radical (unpaired) electrons. The third-order valence-electron chi connectivity index (χ3n) is 4.91. The van der Waals surface area contributed by atoms with E-state index in [1.165, 1.54) is 6.33 Å². The SMILES string of the molecule is Cc1cc(C)c(C(=O)P(=O)(C(=O)[C@@H](N)Cc2c[nH]cn2)c2ccccc2)c(C)c1. The van der Waals surface area contributed by atoms with Gasteiger partial charge in [0.1, 0.15) is 0 Å². The normalized spacial score (nSPS) is 14.2. The molecule has 0 aliphatic rings. The molecule has 1 aromatic heterocycles. The summed E-state index contributed by atoms with van der Waals surface area (Å²) in [5.74, 6) is 0. The first-order chi connectivity index (χ1) is 13.7. The number of aryl methyl sites for hydroxylation is 3. The topological polar surface area (TPSA) is 106 Å². The van der Waals surface area contributed by atoms with Crippen LogP contribution in [0.15, 0.2) is 55.0 Å². The molecule has 1 unspecified atom stereocenters. The number of aromatic amines is 1. The van der Waals surface area contributed by atoms with Crippen LogP contribution in [0.1, 0.15) is 32.7 Å². The number of imidazole rings is 1. The maximum atomic E-state index is 14.2. The number of carbonyl (C=O) groups is 2. The first-order valence-electron chi connectivity index (χ1n) is 9.31. The van der Waals surface area contributed by atoms with Gasteiger partial charge < -0.3 is 15.3 Å². The Kier molecular flexibility index (Phi) is 5.96. The zero-order chi connectivity index (χ0) is 21.2. The van der Waals surface area contributed by atoms with Gasteiger partial charge in [0.2, 0.25) is 18.2 Å². The van der Waals surface area contributed by atoms with E-state index in [2.05, 4.69) is 9.97 Å². The standard InChI is InChI=1S/C22H24N3O3P/c1-14-9-15(2)20(16(3)10-14)22(27)29(28,18-7-5-4-6-8-18)21(26)19(23)11-17-12-24-13-25-17/h4-10,12-13,19H,11,23H2,1-3H3,(H,24,25)/t19-,29?/m0/s1. The van der Waals surface area contributed by atoms with Gasteiger partial charge in [0.25, 0.3) is 0 Å². The Labute approximate surface area is 169 Å². The lowest BCUT2D eigenvalue weighted by atomic mass is 10.0. The van der Waals surface area contributed by atoms with Gasteiger partial charge in [-0.25, -0.2) is 4.98 Å². The zero-order valence-electron chi connectivity index (χ0n) is 16.7. The fourth-order valence-electron chi connectivity index (χ4n) is 3.61. The van der Waals surface area contributed by atoms with Crippen molar-refractivity contribution in [2.24, 2.45) is 5.73 Å². The van der Waals surface area contributed by atoms with Crippen molar-refractivity contribution in [3.05, 3.63) is 82.9 Å². The molecule has 1 heterocycles. The molecular weight excluding hydrogens is 385 g/mol. The summed E-state index contributed by atoms with van der Waals surface area (Å²) in [4.78, 5) is 33.8. The molecule has 6 nitrogen and oxygen atoms in total. The molecule has 2 atom stereocenters. The minimum Gasteiger partial charge on any atom is -0.351 e. The summed E-state index contributed by atoms with van der Waals surface area (Å²) in [6, 6.07) is 10.8. The zero-order valence-corrected chi connectivity index (χ0v) is 17.6. The molecule has 29 heavy (non-hydrogen) atoms. The lowest BCUT2D eigenvalue weighted by Gasteiger charge is -2.21. The van der Waals surface area contributed by atoms with Crippen molar-refractivity contribution in [1.82, 2.24) is 9.97 Å². The molecule has 3 N–H and O–H groups in total. The second-order valence-electron chi connectivity index (χ2n) is 7.23. The Morgan fingerprint density at radius 3 is 2.28 bits per heavy atom. The number of H-pyrrole nitrogens is 1. The third-order valence-corrected chi connectivity index (χ3v) is 7.68. The number of hydrogen-bond acceptors (Lipinski definition) is 5. The first kappa shape index (κ1) is 20.9. The minimum atomic E-state index is -4.16. The fraction of sp³-hybridized carbons (Fsp3) is 0.227. The fourth-order valence-corrected chi connectivity index (χ4v) is 6.11. The molecule has 0 aliphatic heterocycles. The van der Waals surface area contributed by atoms with Crippen molar-refractivity contribution in [2.45, 2.75) is 33.2 Å². The van der Waals surface area contributed by atoms with Crippen molar-refractivity contribution in [3.8, 4) is 0 Å². The smallest absolute Gasteiger partial charge is 0.245 e. The van der Waals surface area contributed by atoms with E-state index in [-0.39, 0.29) is 11.7 Å². The Hall–Kier alpha value is -2.82.